The van der Waals surface area contributed by atoms with Gasteiger partial charge in [0.2, 0.25) is 0 Å². The lowest BCUT2D eigenvalue weighted by Crippen LogP contribution is -1.96. The summed E-state index contributed by atoms with van der Waals surface area (Å²) in [5.41, 5.74) is 0.963. The van der Waals surface area contributed by atoms with Crippen molar-refractivity contribution in [1.29, 1.82) is 0 Å². The van der Waals surface area contributed by atoms with Gasteiger partial charge in [-0.2, -0.15) is 10.2 Å². The summed E-state index contributed by atoms with van der Waals surface area (Å²) in [6.07, 6.45) is 2.74. The maximum atomic E-state index is 3.94. The van der Waals surface area contributed by atoms with Gasteiger partial charge in [0, 0.05) is 12.0 Å². The lowest BCUT2D eigenvalue weighted by atomic mass is 10.1. The van der Waals surface area contributed by atoms with Crippen LogP contribution in [0.5, 0.6) is 0 Å². The average molecular weight is 135 g/mol. The first-order valence-electron chi connectivity index (χ1n) is 3.54. The number of hydrogen-bond donors (Lipinski definition) is 0. The van der Waals surface area contributed by atoms with E-state index in [0.29, 0.717) is 5.92 Å². The number of aromatic nitrogens is 2. The molecule has 0 amide bonds. The van der Waals surface area contributed by atoms with E-state index >= 15 is 0 Å². The Kier molecular flexibility index (Phi) is 2.37. The molecule has 2 heteroatoms. The van der Waals surface area contributed by atoms with Crippen molar-refractivity contribution in [2.45, 2.75) is 26.2 Å². The van der Waals surface area contributed by atoms with Gasteiger partial charge in [0.1, 0.15) is 0 Å². The van der Waals surface area contributed by atoms with Crippen LogP contribution in [0.3, 0.4) is 0 Å². The summed E-state index contributed by atoms with van der Waals surface area (Å²) in [5, 5.41) is 7.72. The van der Waals surface area contributed by atoms with E-state index in [4.69, 9.17) is 0 Å². The molecule has 0 aromatic carbocycles. The highest BCUT2D eigenvalue weighted by Gasteiger charge is 2.02. The molecule has 1 aromatic rings. The Morgan fingerprint density at radius 3 is 3.00 bits per heavy atom. The number of hydrogen-bond acceptors (Lipinski definition) is 2. The van der Waals surface area contributed by atoms with Gasteiger partial charge >= 0.3 is 0 Å². The van der Waals surface area contributed by atoms with Crippen LogP contribution >= 0.6 is 0 Å². The van der Waals surface area contributed by atoms with Crippen molar-refractivity contribution in [1.82, 2.24) is 10.2 Å². The van der Waals surface area contributed by atoms with Gasteiger partial charge in [-0.15, -0.1) is 0 Å². The SMILES string of the molecule is CCC(C)c1[c]ccnn1. The summed E-state index contributed by atoms with van der Waals surface area (Å²) in [5.74, 6) is 0.480. The second-order valence-electron chi connectivity index (χ2n) is 2.37. The largest absolute Gasteiger partial charge is 0.159 e. The van der Waals surface area contributed by atoms with E-state index in [1.807, 2.05) is 0 Å². The van der Waals surface area contributed by atoms with Crippen molar-refractivity contribution in [3.8, 4) is 0 Å². The minimum atomic E-state index is 0.480. The third kappa shape index (κ3) is 1.53. The molecule has 0 saturated carbocycles. The van der Waals surface area contributed by atoms with Crippen molar-refractivity contribution in [2.75, 3.05) is 0 Å². The zero-order valence-corrected chi connectivity index (χ0v) is 6.33. The highest BCUT2D eigenvalue weighted by Crippen LogP contribution is 2.12. The molecule has 1 unspecified atom stereocenters. The van der Waals surface area contributed by atoms with Crippen LogP contribution in [0.1, 0.15) is 31.9 Å². The van der Waals surface area contributed by atoms with Crippen LogP contribution in [0.4, 0.5) is 0 Å². The first kappa shape index (κ1) is 7.19. The smallest absolute Gasteiger partial charge is 0.0737 e. The Morgan fingerprint density at radius 2 is 2.50 bits per heavy atom. The minimum absolute atomic E-state index is 0.480. The van der Waals surface area contributed by atoms with Crippen LogP contribution in [0.2, 0.25) is 0 Å². The van der Waals surface area contributed by atoms with Crippen molar-refractivity contribution >= 4 is 0 Å². The van der Waals surface area contributed by atoms with Crippen molar-refractivity contribution in [2.24, 2.45) is 0 Å². The van der Waals surface area contributed by atoms with Gasteiger partial charge in [-0.3, -0.25) is 0 Å². The Hall–Kier alpha value is -0.920. The Bertz CT molecular complexity index is 184. The summed E-state index contributed by atoms with van der Waals surface area (Å²) in [4.78, 5) is 0. The van der Waals surface area contributed by atoms with Gasteiger partial charge in [-0.25, -0.2) is 0 Å². The molecule has 10 heavy (non-hydrogen) atoms. The Morgan fingerprint density at radius 1 is 1.70 bits per heavy atom. The fourth-order valence-electron chi connectivity index (χ4n) is 0.715. The predicted octanol–water partition coefficient (Wildman–Crippen LogP) is 1.79. The van der Waals surface area contributed by atoms with Gasteiger partial charge in [0.15, 0.2) is 0 Å². The van der Waals surface area contributed by atoms with E-state index in [0.717, 1.165) is 12.1 Å². The summed E-state index contributed by atoms with van der Waals surface area (Å²) >= 11 is 0. The summed E-state index contributed by atoms with van der Waals surface area (Å²) in [6.45, 7) is 4.26. The molecule has 0 aliphatic rings. The quantitative estimate of drug-likeness (QED) is 0.617. The fourth-order valence-corrected chi connectivity index (χ4v) is 0.715. The van der Waals surface area contributed by atoms with Crippen LogP contribution < -0.4 is 0 Å². The first-order chi connectivity index (χ1) is 4.84. The molecule has 1 rings (SSSR count). The second-order valence-corrected chi connectivity index (χ2v) is 2.37. The molecule has 1 heterocycles. The van der Waals surface area contributed by atoms with Gasteiger partial charge in [0.25, 0.3) is 0 Å². The minimum Gasteiger partial charge on any atom is -0.159 e. The molecule has 1 atom stereocenters. The maximum Gasteiger partial charge on any atom is 0.0737 e. The molecule has 0 spiro atoms. The second kappa shape index (κ2) is 3.30. The normalized spacial score (nSPS) is 13.0. The summed E-state index contributed by atoms with van der Waals surface area (Å²) in [7, 11) is 0. The van der Waals surface area contributed by atoms with E-state index in [1.54, 1.807) is 12.3 Å². The number of nitrogens with zero attached hydrogens (tertiary/aromatic N) is 2. The molecule has 53 valence electrons. The summed E-state index contributed by atoms with van der Waals surface area (Å²) < 4.78 is 0. The van der Waals surface area contributed by atoms with Crippen molar-refractivity contribution in [3.05, 3.63) is 24.0 Å². The van der Waals surface area contributed by atoms with Crippen LogP contribution in [-0.2, 0) is 0 Å². The highest BCUT2D eigenvalue weighted by molar-refractivity contribution is 5.02. The van der Waals surface area contributed by atoms with E-state index in [2.05, 4.69) is 30.1 Å². The number of rotatable bonds is 2. The van der Waals surface area contributed by atoms with E-state index in [-0.39, 0.29) is 0 Å². The summed E-state index contributed by atoms with van der Waals surface area (Å²) in [6, 6.07) is 4.85. The average Bonchev–Trinajstić information content (AvgIpc) is 2.05. The van der Waals surface area contributed by atoms with Crippen LogP contribution in [0.25, 0.3) is 0 Å². The molecule has 0 bridgehead atoms. The predicted molar refractivity (Wildman–Crippen MR) is 39.6 cm³/mol. The molecule has 2 nitrogen and oxygen atoms in total. The van der Waals surface area contributed by atoms with E-state index < -0.39 is 0 Å². The lowest BCUT2D eigenvalue weighted by molar-refractivity contribution is 0.689. The standard InChI is InChI=1S/C8H11N2/c1-3-7(2)8-5-4-6-9-10-8/h4,6-7H,3H2,1-2H3. The molecule has 0 fully saturated rings. The molecule has 0 aliphatic carbocycles. The fraction of sp³-hybridized carbons (Fsp3) is 0.500. The zero-order chi connectivity index (χ0) is 7.40. The van der Waals surface area contributed by atoms with Gasteiger partial charge in [-0.05, 0) is 12.5 Å². The third-order valence-corrected chi connectivity index (χ3v) is 1.62. The zero-order valence-electron chi connectivity index (χ0n) is 6.33. The molecule has 1 aromatic heterocycles. The maximum absolute atomic E-state index is 3.94. The van der Waals surface area contributed by atoms with Gasteiger partial charge in [-0.1, -0.05) is 13.8 Å². The first-order valence-corrected chi connectivity index (χ1v) is 3.54. The monoisotopic (exact) mass is 135 g/mol. The Balaban J connectivity index is 2.75. The molecule has 0 N–H and O–H groups in total. The van der Waals surface area contributed by atoms with Gasteiger partial charge in [0.05, 0.1) is 11.9 Å². The van der Waals surface area contributed by atoms with Gasteiger partial charge < -0.3 is 0 Å². The molecular weight excluding hydrogens is 124 g/mol. The highest BCUT2D eigenvalue weighted by atomic mass is 15.1. The topological polar surface area (TPSA) is 25.8 Å². The van der Waals surface area contributed by atoms with Crippen LogP contribution in [0.15, 0.2) is 12.3 Å². The van der Waals surface area contributed by atoms with E-state index in [1.165, 1.54) is 0 Å². The molecule has 1 radical (unpaired) electrons. The molecular formula is C8H11N2. The third-order valence-electron chi connectivity index (χ3n) is 1.62. The Labute approximate surface area is 61.3 Å². The van der Waals surface area contributed by atoms with Crippen molar-refractivity contribution < 1.29 is 0 Å². The molecule has 0 aliphatic heterocycles. The van der Waals surface area contributed by atoms with Crippen molar-refractivity contribution in [3.63, 3.8) is 0 Å². The van der Waals surface area contributed by atoms with E-state index in [9.17, 15) is 0 Å². The van der Waals surface area contributed by atoms with Crippen LogP contribution in [0, 0.1) is 6.07 Å². The van der Waals surface area contributed by atoms with Crippen LogP contribution in [-0.4, -0.2) is 10.2 Å². The molecule has 0 saturated heterocycles. The lowest BCUT2D eigenvalue weighted by Gasteiger charge is -2.03.